The van der Waals surface area contributed by atoms with Crippen molar-refractivity contribution in [2.24, 2.45) is 0 Å². The predicted molar refractivity (Wildman–Crippen MR) is 60.4 cm³/mol. The summed E-state index contributed by atoms with van der Waals surface area (Å²) in [6, 6.07) is 6.41. The summed E-state index contributed by atoms with van der Waals surface area (Å²) in [5.41, 5.74) is 9.55. The summed E-state index contributed by atoms with van der Waals surface area (Å²) in [4.78, 5) is 0. The molecule has 1 aliphatic heterocycles. The third kappa shape index (κ3) is 1.90. The molecular weight excluding hydrogens is 172 g/mol. The van der Waals surface area contributed by atoms with E-state index >= 15 is 0 Å². The Morgan fingerprint density at radius 3 is 2.93 bits per heavy atom. The van der Waals surface area contributed by atoms with Gasteiger partial charge in [-0.15, -0.1) is 0 Å². The van der Waals surface area contributed by atoms with Crippen molar-refractivity contribution in [2.45, 2.75) is 25.7 Å². The number of nitrogens with two attached hydrogens (primary N) is 1. The van der Waals surface area contributed by atoms with Crippen LogP contribution in [0.2, 0.25) is 0 Å². The summed E-state index contributed by atoms with van der Waals surface area (Å²) in [5, 5.41) is 3.42. The molecule has 1 aromatic carbocycles. The van der Waals surface area contributed by atoms with Crippen LogP contribution in [0.3, 0.4) is 0 Å². The molecule has 3 N–H and O–H groups in total. The van der Waals surface area contributed by atoms with Gasteiger partial charge in [-0.1, -0.05) is 12.1 Å². The van der Waals surface area contributed by atoms with Gasteiger partial charge in [0.25, 0.3) is 0 Å². The molecule has 1 atom stereocenters. The molecule has 0 amide bonds. The van der Waals surface area contributed by atoms with Crippen LogP contribution in [0.1, 0.15) is 29.9 Å². The molecule has 1 aromatic rings. The lowest BCUT2D eigenvalue weighted by molar-refractivity contribution is 0.462. The van der Waals surface area contributed by atoms with Crippen LogP contribution in [0.4, 0.5) is 5.69 Å². The molecule has 76 valence electrons. The van der Waals surface area contributed by atoms with Gasteiger partial charge in [-0.05, 0) is 49.4 Å². The summed E-state index contributed by atoms with van der Waals surface area (Å²) in [5.74, 6) is 0.615. The predicted octanol–water partition coefficient (Wildman–Crippen LogP) is 2.04. The average molecular weight is 190 g/mol. The van der Waals surface area contributed by atoms with Crippen LogP contribution in [0, 0.1) is 6.92 Å². The maximum atomic E-state index is 6.02. The quantitative estimate of drug-likeness (QED) is 0.665. The molecule has 14 heavy (non-hydrogen) atoms. The van der Waals surface area contributed by atoms with E-state index in [0.717, 1.165) is 18.8 Å². The molecule has 1 aliphatic rings. The van der Waals surface area contributed by atoms with E-state index < -0.39 is 0 Å². The first-order valence-corrected chi connectivity index (χ1v) is 5.34. The number of benzene rings is 1. The van der Waals surface area contributed by atoms with E-state index in [1.165, 1.54) is 24.0 Å². The van der Waals surface area contributed by atoms with Gasteiger partial charge < -0.3 is 11.1 Å². The van der Waals surface area contributed by atoms with Crippen LogP contribution in [-0.2, 0) is 0 Å². The number of rotatable bonds is 1. The zero-order chi connectivity index (χ0) is 9.97. The summed E-state index contributed by atoms with van der Waals surface area (Å²) in [6.45, 7) is 4.31. The number of piperidine rings is 1. The molecule has 2 rings (SSSR count). The lowest BCUT2D eigenvalue weighted by Crippen LogP contribution is -2.28. The summed E-state index contributed by atoms with van der Waals surface area (Å²) >= 11 is 0. The van der Waals surface area contributed by atoms with Crippen LogP contribution >= 0.6 is 0 Å². The third-order valence-electron chi connectivity index (χ3n) is 2.98. The van der Waals surface area contributed by atoms with Gasteiger partial charge in [-0.2, -0.15) is 0 Å². The Morgan fingerprint density at radius 1 is 1.43 bits per heavy atom. The fraction of sp³-hybridized carbons (Fsp3) is 0.500. The third-order valence-corrected chi connectivity index (χ3v) is 2.98. The van der Waals surface area contributed by atoms with E-state index in [9.17, 15) is 0 Å². The van der Waals surface area contributed by atoms with Crippen LogP contribution < -0.4 is 11.1 Å². The first-order valence-electron chi connectivity index (χ1n) is 5.34. The average Bonchev–Trinajstić information content (AvgIpc) is 2.19. The topological polar surface area (TPSA) is 38.0 Å². The van der Waals surface area contributed by atoms with Crippen LogP contribution in [-0.4, -0.2) is 13.1 Å². The van der Waals surface area contributed by atoms with Crippen molar-refractivity contribution in [3.63, 3.8) is 0 Å². The zero-order valence-electron chi connectivity index (χ0n) is 8.72. The van der Waals surface area contributed by atoms with E-state index in [2.05, 4.69) is 30.4 Å². The van der Waals surface area contributed by atoms with Crippen LogP contribution in [0.5, 0.6) is 0 Å². The minimum atomic E-state index is 0.615. The molecule has 0 spiro atoms. The highest BCUT2D eigenvalue weighted by Crippen LogP contribution is 2.28. The first-order chi connectivity index (χ1) is 6.77. The molecule has 2 nitrogen and oxygen atoms in total. The number of anilines is 1. The van der Waals surface area contributed by atoms with E-state index in [1.807, 2.05) is 0 Å². The van der Waals surface area contributed by atoms with E-state index in [0.29, 0.717) is 5.92 Å². The van der Waals surface area contributed by atoms with E-state index in [4.69, 9.17) is 5.73 Å². The van der Waals surface area contributed by atoms with Crippen molar-refractivity contribution in [2.75, 3.05) is 18.8 Å². The summed E-state index contributed by atoms with van der Waals surface area (Å²) in [7, 11) is 0. The van der Waals surface area contributed by atoms with Gasteiger partial charge in [0.1, 0.15) is 0 Å². The Hall–Kier alpha value is -1.02. The highest BCUT2D eigenvalue weighted by Gasteiger charge is 2.16. The Labute approximate surface area is 85.5 Å². The standard InChI is InChI=1S/C12H18N2/c1-9-4-5-11(12(13)7-9)10-3-2-6-14-8-10/h4-5,7,10,14H,2-3,6,8,13H2,1H3. The van der Waals surface area contributed by atoms with Crippen molar-refractivity contribution >= 4 is 5.69 Å². The Kier molecular flexibility index (Phi) is 2.73. The highest BCUT2D eigenvalue weighted by molar-refractivity contribution is 5.51. The number of nitrogens with one attached hydrogen (secondary N) is 1. The monoisotopic (exact) mass is 190 g/mol. The highest BCUT2D eigenvalue weighted by atomic mass is 14.9. The molecule has 1 saturated heterocycles. The Morgan fingerprint density at radius 2 is 2.29 bits per heavy atom. The lowest BCUT2D eigenvalue weighted by atomic mass is 9.90. The molecule has 1 unspecified atom stereocenters. The first kappa shape index (κ1) is 9.53. The largest absolute Gasteiger partial charge is 0.398 e. The van der Waals surface area contributed by atoms with Crippen molar-refractivity contribution in [3.8, 4) is 0 Å². The van der Waals surface area contributed by atoms with Gasteiger partial charge in [-0.25, -0.2) is 0 Å². The second kappa shape index (κ2) is 4.01. The van der Waals surface area contributed by atoms with Crippen LogP contribution in [0.15, 0.2) is 18.2 Å². The van der Waals surface area contributed by atoms with Gasteiger partial charge in [0.05, 0.1) is 0 Å². The summed E-state index contributed by atoms with van der Waals surface area (Å²) < 4.78 is 0. The maximum absolute atomic E-state index is 6.02. The van der Waals surface area contributed by atoms with Crippen molar-refractivity contribution in [1.29, 1.82) is 0 Å². The number of hydrogen-bond donors (Lipinski definition) is 2. The molecule has 1 fully saturated rings. The lowest BCUT2D eigenvalue weighted by Gasteiger charge is -2.24. The zero-order valence-corrected chi connectivity index (χ0v) is 8.72. The van der Waals surface area contributed by atoms with Gasteiger partial charge in [-0.3, -0.25) is 0 Å². The minimum absolute atomic E-state index is 0.615. The maximum Gasteiger partial charge on any atom is 0.0352 e. The van der Waals surface area contributed by atoms with Crippen LogP contribution in [0.25, 0.3) is 0 Å². The van der Waals surface area contributed by atoms with E-state index in [1.54, 1.807) is 0 Å². The summed E-state index contributed by atoms with van der Waals surface area (Å²) in [6.07, 6.45) is 2.53. The number of hydrogen-bond acceptors (Lipinski definition) is 2. The molecule has 0 aromatic heterocycles. The van der Waals surface area contributed by atoms with Gasteiger partial charge >= 0.3 is 0 Å². The van der Waals surface area contributed by atoms with Gasteiger partial charge in [0, 0.05) is 12.2 Å². The second-order valence-electron chi connectivity index (χ2n) is 4.18. The Bertz CT molecular complexity index is 314. The molecule has 1 heterocycles. The van der Waals surface area contributed by atoms with Crippen molar-refractivity contribution in [1.82, 2.24) is 5.32 Å². The fourth-order valence-electron chi connectivity index (χ4n) is 2.18. The van der Waals surface area contributed by atoms with Gasteiger partial charge in [0.2, 0.25) is 0 Å². The Balaban J connectivity index is 2.22. The SMILES string of the molecule is Cc1ccc(C2CCCNC2)c(N)c1. The molecule has 0 aliphatic carbocycles. The molecule has 0 radical (unpaired) electrons. The molecule has 0 bridgehead atoms. The minimum Gasteiger partial charge on any atom is -0.398 e. The fourth-order valence-corrected chi connectivity index (χ4v) is 2.18. The molecule has 2 heteroatoms. The van der Waals surface area contributed by atoms with E-state index in [-0.39, 0.29) is 0 Å². The van der Waals surface area contributed by atoms with Gasteiger partial charge in [0.15, 0.2) is 0 Å². The molecule has 0 saturated carbocycles. The molecular formula is C12H18N2. The second-order valence-corrected chi connectivity index (χ2v) is 4.18. The normalized spacial score (nSPS) is 22.2. The number of nitrogen functional groups attached to an aromatic ring is 1. The number of aryl methyl sites for hydroxylation is 1. The van der Waals surface area contributed by atoms with Crippen molar-refractivity contribution < 1.29 is 0 Å². The smallest absolute Gasteiger partial charge is 0.0352 e. The van der Waals surface area contributed by atoms with Crippen molar-refractivity contribution in [3.05, 3.63) is 29.3 Å².